The molecule has 0 amide bonds. The van der Waals surface area contributed by atoms with Crippen molar-refractivity contribution in [2.24, 2.45) is 0 Å². The van der Waals surface area contributed by atoms with Gasteiger partial charge < -0.3 is 0 Å². The second-order valence-corrected chi connectivity index (χ2v) is 5.68. The second-order valence-electron chi connectivity index (χ2n) is 5.68. The summed E-state index contributed by atoms with van der Waals surface area (Å²) in [5.74, 6) is -0.259. The van der Waals surface area contributed by atoms with Crippen molar-refractivity contribution in [2.45, 2.75) is 13.8 Å². The molecule has 3 aromatic carbocycles. The van der Waals surface area contributed by atoms with Gasteiger partial charge in [0.1, 0.15) is 5.82 Å². The molecule has 0 bridgehead atoms. The van der Waals surface area contributed by atoms with Gasteiger partial charge in [-0.1, -0.05) is 42.5 Å². The lowest BCUT2D eigenvalue weighted by Crippen LogP contribution is -1.88. The molecule has 2 heteroatoms. The number of benzene rings is 3. The van der Waals surface area contributed by atoms with Gasteiger partial charge in [-0.15, -0.1) is 0 Å². The maximum Gasteiger partial charge on any atom is 0.131 e. The van der Waals surface area contributed by atoms with Crippen molar-refractivity contribution in [1.29, 1.82) is 5.26 Å². The van der Waals surface area contributed by atoms with E-state index in [0.717, 1.165) is 16.7 Å². The average molecular weight is 301 g/mol. The minimum atomic E-state index is -0.259. The van der Waals surface area contributed by atoms with Crippen molar-refractivity contribution >= 4 is 0 Å². The first-order chi connectivity index (χ1) is 11.1. The van der Waals surface area contributed by atoms with E-state index in [1.807, 2.05) is 12.1 Å². The Hall–Kier alpha value is -2.92. The highest BCUT2D eigenvalue weighted by molar-refractivity contribution is 5.72. The minimum Gasteiger partial charge on any atom is -0.206 e. The van der Waals surface area contributed by atoms with Crippen LogP contribution in [0.2, 0.25) is 0 Å². The SMILES string of the molecule is Cc1ccc(-c2ccc(-c3ccc(C#N)cc3)c(F)c2)cc1C. The van der Waals surface area contributed by atoms with Crippen molar-refractivity contribution in [2.75, 3.05) is 0 Å². The molecule has 23 heavy (non-hydrogen) atoms. The molecule has 0 unspecified atom stereocenters. The Morgan fingerprint density at radius 1 is 0.739 bits per heavy atom. The summed E-state index contributed by atoms with van der Waals surface area (Å²) >= 11 is 0. The van der Waals surface area contributed by atoms with E-state index >= 15 is 0 Å². The van der Waals surface area contributed by atoms with Crippen LogP contribution in [0.5, 0.6) is 0 Å². The van der Waals surface area contributed by atoms with Crippen molar-refractivity contribution in [3.63, 3.8) is 0 Å². The van der Waals surface area contributed by atoms with Crippen molar-refractivity contribution in [1.82, 2.24) is 0 Å². The Balaban J connectivity index is 2.00. The van der Waals surface area contributed by atoms with Gasteiger partial charge in [-0.3, -0.25) is 0 Å². The van der Waals surface area contributed by atoms with Crippen LogP contribution in [0.3, 0.4) is 0 Å². The molecule has 3 aromatic rings. The molecule has 0 atom stereocenters. The summed E-state index contributed by atoms with van der Waals surface area (Å²) in [4.78, 5) is 0. The number of halogens is 1. The number of aryl methyl sites for hydroxylation is 2. The van der Waals surface area contributed by atoms with Crippen LogP contribution < -0.4 is 0 Å². The summed E-state index contributed by atoms with van der Waals surface area (Å²) < 4.78 is 14.5. The summed E-state index contributed by atoms with van der Waals surface area (Å²) in [5, 5.41) is 8.83. The first-order valence-electron chi connectivity index (χ1n) is 7.46. The van der Waals surface area contributed by atoms with E-state index in [1.165, 1.54) is 11.1 Å². The van der Waals surface area contributed by atoms with Crippen LogP contribution in [0.1, 0.15) is 16.7 Å². The Labute approximate surface area is 135 Å². The molecule has 0 aliphatic rings. The smallest absolute Gasteiger partial charge is 0.131 e. The highest BCUT2D eigenvalue weighted by atomic mass is 19.1. The zero-order valence-electron chi connectivity index (χ0n) is 13.1. The normalized spacial score (nSPS) is 10.3. The van der Waals surface area contributed by atoms with Crippen LogP contribution in [0.25, 0.3) is 22.3 Å². The van der Waals surface area contributed by atoms with Gasteiger partial charge in [-0.05, 0) is 59.9 Å². The van der Waals surface area contributed by atoms with Crippen LogP contribution in [0.15, 0.2) is 60.7 Å². The van der Waals surface area contributed by atoms with Crippen LogP contribution in [0, 0.1) is 31.0 Å². The van der Waals surface area contributed by atoms with Gasteiger partial charge in [0.15, 0.2) is 0 Å². The first-order valence-corrected chi connectivity index (χ1v) is 7.46. The number of rotatable bonds is 2. The van der Waals surface area contributed by atoms with E-state index in [0.29, 0.717) is 11.1 Å². The van der Waals surface area contributed by atoms with Gasteiger partial charge in [0.2, 0.25) is 0 Å². The molecule has 0 aliphatic carbocycles. The Morgan fingerprint density at radius 3 is 1.96 bits per heavy atom. The fraction of sp³-hybridized carbons (Fsp3) is 0.0952. The van der Waals surface area contributed by atoms with Gasteiger partial charge in [-0.25, -0.2) is 4.39 Å². The van der Waals surface area contributed by atoms with Gasteiger partial charge in [0, 0.05) is 5.56 Å². The quantitative estimate of drug-likeness (QED) is 0.600. The Kier molecular flexibility index (Phi) is 3.95. The molecule has 0 aromatic heterocycles. The zero-order valence-corrected chi connectivity index (χ0v) is 13.1. The predicted molar refractivity (Wildman–Crippen MR) is 91.5 cm³/mol. The summed E-state index contributed by atoms with van der Waals surface area (Å²) in [7, 11) is 0. The molecule has 0 radical (unpaired) electrons. The molecule has 1 nitrogen and oxygen atoms in total. The Morgan fingerprint density at radius 2 is 1.35 bits per heavy atom. The molecule has 0 spiro atoms. The number of nitrogens with zero attached hydrogens (tertiary/aromatic N) is 1. The molecule has 0 aliphatic heterocycles. The highest BCUT2D eigenvalue weighted by Crippen LogP contribution is 2.29. The average Bonchev–Trinajstić information content (AvgIpc) is 2.57. The van der Waals surface area contributed by atoms with Gasteiger partial charge in [0.25, 0.3) is 0 Å². The zero-order chi connectivity index (χ0) is 16.4. The van der Waals surface area contributed by atoms with Crippen molar-refractivity contribution in [3.05, 3.63) is 83.2 Å². The predicted octanol–water partition coefficient (Wildman–Crippen LogP) is 5.65. The summed E-state index contributed by atoms with van der Waals surface area (Å²) in [6.45, 7) is 4.12. The first kappa shape index (κ1) is 15.0. The number of hydrogen-bond donors (Lipinski definition) is 0. The van der Waals surface area contributed by atoms with Crippen molar-refractivity contribution in [3.8, 4) is 28.3 Å². The monoisotopic (exact) mass is 301 g/mol. The third-order valence-corrected chi connectivity index (χ3v) is 4.13. The lowest BCUT2D eigenvalue weighted by atomic mass is 9.97. The van der Waals surface area contributed by atoms with E-state index in [4.69, 9.17) is 5.26 Å². The number of hydrogen-bond acceptors (Lipinski definition) is 1. The standard InChI is InChI=1S/C21H16FN/c1-14-3-6-18(11-15(14)2)19-9-10-20(21(22)12-19)17-7-4-16(13-23)5-8-17/h3-12H,1-2H3. The second kappa shape index (κ2) is 6.06. The van der Waals surface area contributed by atoms with Gasteiger partial charge in [-0.2, -0.15) is 5.26 Å². The van der Waals surface area contributed by atoms with Crippen LogP contribution in [-0.2, 0) is 0 Å². The summed E-state index contributed by atoms with van der Waals surface area (Å²) in [5.41, 5.74) is 6.18. The van der Waals surface area contributed by atoms with Crippen molar-refractivity contribution < 1.29 is 4.39 Å². The molecule has 0 saturated carbocycles. The van der Waals surface area contributed by atoms with Crippen LogP contribution in [-0.4, -0.2) is 0 Å². The molecular weight excluding hydrogens is 285 g/mol. The Bertz CT molecular complexity index is 902. The van der Waals surface area contributed by atoms with E-state index in [1.54, 1.807) is 36.4 Å². The van der Waals surface area contributed by atoms with E-state index in [9.17, 15) is 4.39 Å². The maximum absolute atomic E-state index is 14.5. The largest absolute Gasteiger partial charge is 0.206 e. The highest BCUT2D eigenvalue weighted by Gasteiger charge is 2.08. The third kappa shape index (κ3) is 3.00. The fourth-order valence-electron chi connectivity index (χ4n) is 2.57. The van der Waals surface area contributed by atoms with E-state index in [2.05, 4.69) is 32.0 Å². The molecule has 0 fully saturated rings. The molecule has 0 N–H and O–H groups in total. The summed E-state index contributed by atoms with van der Waals surface area (Å²) in [6, 6.07) is 20.4. The third-order valence-electron chi connectivity index (χ3n) is 4.13. The lowest BCUT2D eigenvalue weighted by molar-refractivity contribution is 0.632. The lowest BCUT2D eigenvalue weighted by Gasteiger charge is -2.09. The molecule has 0 saturated heterocycles. The van der Waals surface area contributed by atoms with E-state index in [-0.39, 0.29) is 5.82 Å². The topological polar surface area (TPSA) is 23.8 Å². The minimum absolute atomic E-state index is 0.259. The van der Waals surface area contributed by atoms with Gasteiger partial charge in [0.05, 0.1) is 11.6 Å². The van der Waals surface area contributed by atoms with Crippen LogP contribution in [0.4, 0.5) is 4.39 Å². The molecular formula is C21H16FN. The molecule has 0 heterocycles. The summed E-state index contributed by atoms with van der Waals surface area (Å²) in [6.07, 6.45) is 0. The van der Waals surface area contributed by atoms with E-state index < -0.39 is 0 Å². The molecule has 3 rings (SSSR count). The van der Waals surface area contributed by atoms with Gasteiger partial charge >= 0.3 is 0 Å². The fourth-order valence-corrected chi connectivity index (χ4v) is 2.57. The molecule has 112 valence electrons. The maximum atomic E-state index is 14.5. The number of nitriles is 1. The van der Waals surface area contributed by atoms with Crippen LogP contribution >= 0.6 is 0 Å².